The van der Waals surface area contributed by atoms with E-state index in [9.17, 15) is 9.59 Å². The molecule has 3 aromatic rings. The summed E-state index contributed by atoms with van der Waals surface area (Å²) >= 11 is 0. The number of pyridine rings is 1. The van der Waals surface area contributed by atoms with Crippen molar-refractivity contribution in [1.29, 1.82) is 0 Å². The van der Waals surface area contributed by atoms with Crippen molar-refractivity contribution in [1.82, 2.24) is 4.98 Å². The predicted molar refractivity (Wildman–Crippen MR) is 140 cm³/mol. The van der Waals surface area contributed by atoms with Gasteiger partial charge in [-0.3, -0.25) is 14.6 Å². The number of carbonyl (C=O) groups excluding carboxylic acids is 2. The van der Waals surface area contributed by atoms with Crippen molar-refractivity contribution in [2.75, 3.05) is 46.6 Å². The summed E-state index contributed by atoms with van der Waals surface area (Å²) in [4.78, 5) is 34.2. The van der Waals surface area contributed by atoms with Crippen molar-refractivity contribution in [2.24, 2.45) is 0 Å². The Morgan fingerprint density at radius 3 is 1.47 bits per heavy atom. The summed E-state index contributed by atoms with van der Waals surface area (Å²) in [6.45, 7) is 12.0. The molecule has 0 atom stereocenters. The van der Waals surface area contributed by atoms with E-state index in [-0.39, 0.29) is 11.8 Å². The monoisotopic (exact) mass is 459 g/mol. The number of hydrogen-bond acceptors (Lipinski definition) is 5. The number of nitrogens with one attached hydrogen (secondary N) is 2. The fourth-order valence-corrected chi connectivity index (χ4v) is 3.82. The quantitative estimate of drug-likeness (QED) is 0.431. The van der Waals surface area contributed by atoms with E-state index in [4.69, 9.17) is 0 Å². The van der Waals surface area contributed by atoms with Gasteiger partial charge in [0, 0.05) is 54.9 Å². The van der Waals surface area contributed by atoms with E-state index in [1.54, 1.807) is 36.5 Å². The molecule has 0 radical (unpaired) electrons. The highest BCUT2D eigenvalue weighted by Crippen LogP contribution is 2.23. The van der Waals surface area contributed by atoms with Gasteiger partial charge in [0.15, 0.2) is 0 Å². The number of amides is 2. The Morgan fingerprint density at radius 2 is 1.06 bits per heavy atom. The molecule has 0 aliphatic rings. The average molecular weight is 460 g/mol. The highest BCUT2D eigenvalue weighted by atomic mass is 16.2. The van der Waals surface area contributed by atoms with Gasteiger partial charge in [0.1, 0.15) is 0 Å². The van der Waals surface area contributed by atoms with Gasteiger partial charge in [-0.05, 0) is 82.3 Å². The maximum atomic E-state index is 12.8. The van der Waals surface area contributed by atoms with Gasteiger partial charge in [-0.15, -0.1) is 0 Å². The Labute approximate surface area is 201 Å². The second-order valence-corrected chi connectivity index (χ2v) is 7.77. The highest BCUT2D eigenvalue weighted by Gasteiger charge is 2.14. The molecule has 1 aromatic heterocycles. The molecule has 7 nitrogen and oxygen atoms in total. The number of anilines is 4. The van der Waals surface area contributed by atoms with Crippen LogP contribution in [-0.4, -0.2) is 43.0 Å². The number of rotatable bonds is 10. The number of hydrogen-bond donors (Lipinski definition) is 2. The zero-order chi connectivity index (χ0) is 24.5. The van der Waals surface area contributed by atoms with Gasteiger partial charge in [0.2, 0.25) is 0 Å². The lowest BCUT2D eigenvalue weighted by Gasteiger charge is -2.21. The highest BCUT2D eigenvalue weighted by molar-refractivity contribution is 6.10. The van der Waals surface area contributed by atoms with Crippen LogP contribution in [0.25, 0.3) is 0 Å². The first-order chi connectivity index (χ1) is 16.5. The molecular weight excluding hydrogens is 426 g/mol. The van der Waals surface area contributed by atoms with Crippen molar-refractivity contribution in [3.8, 4) is 0 Å². The van der Waals surface area contributed by atoms with Gasteiger partial charge in [0.25, 0.3) is 11.8 Å². The Kier molecular flexibility index (Phi) is 8.62. The number of nitrogens with zero attached hydrogens (tertiary/aromatic N) is 3. The Bertz CT molecular complexity index is 1000. The molecule has 34 heavy (non-hydrogen) atoms. The maximum Gasteiger partial charge on any atom is 0.255 e. The van der Waals surface area contributed by atoms with Crippen LogP contribution in [-0.2, 0) is 0 Å². The van der Waals surface area contributed by atoms with Crippen LogP contribution < -0.4 is 20.4 Å². The van der Waals surface area contributed by atoms with Gasteiger partial charge in [-0.1, -0.05) is 0 Å². The van der Waals surface area contributed by atoms with Gasteiger partial charge in [-0.2, -0.15) is 0 Å². The van der Waals surface area contributed by atoms with E-state index in [0.29, 0.717) is 22.5 Å². The lowest BCUT2D eigenvalue weighted by molar-refractivity contribution is 0.101. The van der Waals surface area contributed by atoms with Gasteiger partial charge < -0.3 is 20.4 Å². The molecule has 178 valence electrons. The molecule has 0 aliphatic heterocycles. The number of aromatic nitrogens is 1. The van der Waals surface area contributed by atoms with E-state index in [1.807, 2.05) is 24.3 Å². The standard InChI is InChI=1S/C27H33N5O2/c1-5-31(6-2)22-13-9-20(10-14-22)26(33)29-24-17-18-28-19-25(24)30-27(34)21-11-15-23(16-12-21)32(7-3)8-4/h9-19H,5-8H2,1-4H3,(H,30,34)(H,28,29,33). The summed E-state index contributed by atoms with van der Waals surface area (Å²) < 4.78 is 0. The molecular formula is C27H33N5O2. The second-order valence-electron chi connectivity index (χ2n) is 7.77. The SMILES string of the molecule is CCN(CC)c1ccc(C(=O)Nc2ccncc2NC(=O)c2ccc(N(CC)CC)cc2)cc1. The molecule has 0 saturated heterocycles. The normalized spacial score (nSPS) is 10.5. The first-order valence-electron chi connectivity index (χ1n) is 11.8. The van der Waals surface area contributed by atoms with Crippen LogP contribution in [0.3, 0.4) is 0 Å². The van der Waals surface area contributed by atoms with E-state index in [1.165, 1.54) is 6.20 Å². The van der Waals surface area contributed by atoms with E-state index in [0.717, 1.165) is 37.6 Å². The van der Waals surface area contributed by atoms with Gasteiger partial charge >= 0.3 is 0 Å². The second kappa shape index (κ2) is 11.8. The first kappa shape index (κ1) is 24.8. The zero-order valence-electron chi connectivity index (χ0n) is 20.3. The molecule has 2 N–H and O–H groups in total. The Morgan fingerprint density at radius 1 is 0.647 bits per heavy atom. The van der Waals surface area contributed by atoms with Gasteiger partial charge in [0.05, 0.1) is 17.6 Å². The molecule has 1 heterocycles. The Balaban J connectivity index is 1.71. The summed E-state index contributed by atoms with van der Waals surface area (Å²) in [7, 11) is 0. The minimum atomic E-state index is -0.266. The lowest BCUT2D eigenvalue weighted by atomic mass is 10.1. The number of benzene rings is 2. The smallest absolute Gasteiger partial charge is 0.255 e. The van der Waals surface area contributed by atoms with Crippen LogP contribution in [0.1, 0.15) is 48.4 Å². The molecule has 0 fully saturated rings. The molecule has 0 unspecified atom stereocenters. The van der Waals surface area contributed by atoms with E-state index < -0.39 is 0 Å². The van der Waals surface area contributed by atoms with E-state index >= 15 is 0 Å². The summed E-state index contributed by atoms with van der Waals surface area (Å²) in [5, 5.41) is 5.75. The van der Waals surface area contributed by atoms with Crippen molar-refractivity contribution in [2.45, 2.75) is 27.7 Å². The maximum absolute atomic E-state index is 12.8. The molecule has 0 spiro atoms. The van der Waals surface area contributed by atoms with Gasteiger partial charge in [-0.25, -0.2) is 0 Å². The predicted octanol–water partition coefficient (Wildman–Crippen LogP) is 5.28. The molecule has 2 aromatic carbocycles. The van der Waals surface area contributed by atoms with Crippen LogP contribution in [0.15, 0.2) is 67.0 Å². The summed E-state index contributed by atoms with van der Waals surface area (Å²) in [6, 6.07) is 16.6. The third kappa shape index (κ3) is 5.92. The van der Waals surface area contributed by atoms with Crippen LogP contribution in [0.2, 0.25) is 0 Å². The summed E-state index contributed by atoms with van der Waals surface area (Å²) in [6.07, 6.45) is 3.11. The summed E-state index contributed by atoms with van der Waals surface area (Å²) in [5.74, 6) is -0.519. The molecule has 0 aliphatic carbocycles. The van der Waals surface area contributed by atoms with Crippen LogP contribution in [0, 0.1) is 0 Å². The topological polar surface area (TPSA) is 77.6 Å². The van der Waals surface area contributed by atoms with E-state index in [2.05, 4.69) is 53.1 Å². The zero-order valence-corrected chi connectivity index (χ0v) is 20.3. The minimum Gasteiger partial charge on any atom is -0.372 e. The lowest BCUT2D eigenvalue weighted by Crippen LogP contribution is -2.22. The third-order valence-corrected chi connectivity index (χ3v) is 5.83. The van der Waals surface area contributed by atoms with Crippen LogP contribution in [0.5, 0.6) is 0 Å². The molecule has 3 rings (SSSR count). The molecule has 7 heteroatoms. The van der Waals surface area contributed by atoms with Crippen molar-refractivity contribution < 1.29 is 9.59 Å². The first-order valence-corrected chi connectivity index (χ1v) is 11.8. The van der Waals surface area contributed by atoms with Crippen molar-refractivity contribution in [3.63, 3.8) is 0 Å². The van der Waals surface area contributed by atoms with Crippen molar-refractivity contribution in [3.05, 3.63) is 78.1 Å². The summed E-state index contributed by atoms with van der Waals surface area (Å²) in [5.41, 5.74) is 4.14. The fraction of sp³-hybridized carbons (Fsp3) is 0.296. The van der Waals surface area contributed by atoms with Crippen LogP contribution >= 0.6 is 0 Å². The average Bonchev–Trinajstić information content (AvgIpc) is 2.87. The molecule has 2 amide bonds. The Hall–Kier alpha value is -3.87. The van der Waals surface area contributed by atoms with Crippen LogP contribution in [0.4, 0.5) is 22.7 Å². The third-order valence-electron chi connectivity index (χ3n) is 5.83. The molecule has 0 bridgehead atoms. The fourth-order valence-electron chi connectivity index (χ4n) is 3.82. The largest absolute Gasteiger partial charge is 0.372 e. The minimum absolute atomic E-state index is 0.253. The van der Waals surface area contributed by atoms with Crippen molar-refractivity contribution >= 4 is 34.6 Å². The number of carbonyl (C=O) groups is 2. The molecule has 0 saturated carbocycles.